The normalized spacial score (nSPS) is 18.5. The van der Waals surface area contributed by atoms with Gasteiger partial charge >= 0.3 is 16.3 Å². The molecule has 0 amide bonds. The molecule has 22 nitrogen and oxygen atoms in total. The highest BCUT2D eigenvalue weighted by molar-refractivity contribution is 7.38. The number of fused-ring (bicyclic) bond motifs is 2. The van der Waals surface area contributed by atoms with Crippen LogP contribution in [0.25, 0.3) is 22.3 Å². The number of hydrogen-bond acceptors (Lipinski definition) is 19. The van der Waals surface area contributed by atoms with Crippen LogP contribution < -0.4 is 24.6 Å². The number of nitrogens with zero attached hydrogens (tertiary/aromatic N) is 8. The summed E-state index contributed by atoms with van der Waals surface area (Å²) in [5.74, 6) is 2.97. The molecule has 0 radical (unpaired) electrons. The number of para-hydroxylation sites is 1. The van der Waals surface area contributed by atoms with Crippen molar-refractivity contribution in [3.63, 3.8) is 0 Å². The predicted molar refractivity (Wildman–Crippen MR) is 407 cm³/mol. The van der Waals surface area contributed by atoms with Crippen LogP contribution in [0.5, 0.6) is 17.2 Å². The molecule has 0 bridgehead atoms. The van der Waals surface area contributed by atoms with Crippen molar-refractivity contribution in [2.75, 3.05) is 44.7 Å². The minimum absolute atomic E-state index is 0. The van der Waals surface area contributed by atoms with Crippen LogP contribution in [0.2, 0.25) is 0 Å². The molecule has 9 aromatic carbocycles. The SMILES string of the molecule is C.COc1ccc(COC2[C@@H](F)[C@@H](CO)O[C@H]2n2cnc3c(NC(c4ccccc4)(c4ccccc4)c4ccccc4)ncnc32)cc1.COc1ccc(COC2[C@@H](F)[C@@H](CO[P+](=O)O)O[C@H]2n2cnc3c(NC(c4ccccc4)(c4ccccc4)c4ccccc4)ncnc32)cc1.C[P+](=O)Oc1ccccc1. The number of aliphatic hydroxyl groups is 1. The lowest BCUT2D eigenvalue weighted by molar-refractivity contribution is -0.0741. The molecule has 6 heterocycles. The van der Waals surface area contributed by atoms with E-state index in [-0.39, 0.29) is 20.6 Å². The van der Waals surface area contributed by atoms with Crippen LogP contribution >= 0.6 is 16.3 Å². The van der Waals surface area contributed by atoms with Gasteiger partial charge in [-0.25, -0.2) is 38.7 Å². The van der Waals surface area contributed by atoms with Crippen LogP contribution in [0.1, 0.15) is 64.4 Å². The number of hydrogen-bond donors (Lipinski definition) is 4. The number of halogens is 2. The van der Waals surface area contributed by atoms with Gasteiger partial charge in [0.05, 0.1) is 46.7 Å². The first-order valence-electron chi connectivity index (χ1n) is 34.3. The first-order chi connectivity index (χ1) is 52.4. The maximum Gasteiger partial charge on any atom is 0.694 e. The van der Waals surface area contributed by atoms with E-state index in [1.165, 1.54) is 25.6 Å². The van der Waals surface area contributed by atoms with Gasteiger partial charge in [-0.05, 0) is 85.5 Å². The number of nitrogens with one attached hydrogen (secondary N) is 2. The van der Waals surface area contributed by atoms with E-state index in [1.54, 1.807) is 53.9 Å². The summed E-state index contributed by atoms with van der Waals surface area (Å²) in [6.07, 6.45) is -3.75. The second-order valence-electron chi connectivity index (χ2n) is 24.9. The molecule has 4 N–H and O–H groups in total. The summed E-state index contributed by atoms with van der Waals surface area (Å²) in [6, 6.07) is 84.4. The topological polar surface area (TPSA) is 260 Å². The summed E-state index contributed by atoms with van der Waals surface area (Å²) in [4.78, 5) is 37.1. The monoisotopic (exact) mass is 1500 g/mol. The van der Waals surface area contributed by atoms with Crippen molar-refractivity contribution >= 4 is 50.2 Å². The maximum atomic E-state index is 16.0. The van der Waals surface area contributed by atoms with Gasteiger partial charge in [-0.1, -0.05) is 232 Å². The minimum atomic E-state index is -2.96. The van der Waals surface area contributed by atoms with Crippen LogP contribution in [0, 0.1) is 0 Å². The lowest BCUT2D eigenvalue weighted by Gasteiger charge is -2.37. The van der Waals surface area contributed by atoms with E-state index in [1.807, 2.05) is 164 Å². The van der Waals surface area contributed by atoms with Crippen molar-refractivity contribution in [1.29, 1.82) is 0 Å². The quantitative estimate of drug-likeness (QED) is 0.0290. The molecule has 4 aromatic heterocycles. The largest absolute Gasteiger partial charge is 0.694 e. The molecule has 2 aliphatic heterocycles. The Balaban J connectivity index is 0.000000177. The molecule has 2 fully saturated rings. The van der Waals surface area contributed by atoms with Crippen molar-refractivity contribution in [2.24, 2.45) is 0 Å². The number of rotatable bonds is 26. The molecule has 2 saturated heterocycles. The van der Waals surface area contributed by atoms with E-state index in [0.29, 0.717) is 51.2 Å². The van der Waals surface area contributed by atoms with Gasteiger partial charge in [0.1, 0.15) is 66.3 Å². The van der Waals surface area contributed by atoms with Gasteiger partial charge in [-0.15, -0.1) is 9.42 Å². The molecule has 0 spiro atoms. The standard InChI is InChI=1S/C37H33FN5O6P.C37H34FN5O4.C7H8O2P.CH4/c1-46-29-19-17-25(18-20-29)21-47-33-31(38)30(22-48-50(44)45)49-36(33)43-24-41-32-34(39-23-40-35(32)43)42-37(26-11-5-2-6-12-26,27-13-7-3-8-14-27)28-15-9-4-10-16-28;1-45-29-19-17-25(18-20-29)22-46-33-31(38)30(21-44)47-36(33)43-24-41-32-34(39-23-40-35(32)43)42-37(26-11-5-2-6-12-26,27-13-7-3-8-14-27)28-15-9-4-10-16-28;1-10(8)9-7-5-3-2-4-6-7;/h2-20,23-24,30-31,33,36H,21-22H2,1H3,(H-,39,40,42,44,45);2-20,23-24,30-31,33,36,44H,21-22H2,1H3,(H,39,40,42);2-6H,1H3;1H4/q;;+1;/p+1/t2*30-,31+,33?,36-;;/m11../s1. The summed E-state index contributed by atoms with van der Waals surface area (Å²) >= 11 is 0. The zero-order valence-corrected chi connectivity index (χ0v) is 60.1. The number of methoxy groups -OCH3 is 2. The van der Waals surface area contributed by atoms with E-state index in [9.17, 15) is 19.1 Å². The van der Waals surface area contributed by atoms with Gasteiger partial charge in [0.25, 0.3) is 0 Å². The van der Waals surface area contributed by atoms with Crippen LogP contribution in [0.4, 0.5) is 20.4 Å². The van der Waals surface area contributed by atoms with E-state index in [2.05, 4.69) is 103 Å². The fraction of sp³-hybridized carbons (Fsp3) is 0.220. The molecule has 10 atom stereocenters. The maximum absolute atomic E-state index is 16.0. The highest BCUT2D eigenvalue weighted by Gasteiger charge is 2.50. The Morgan fingerprint density at radius 3 is 1.12 bits per heavy atom. The lowest BCUT2D eigenvalue weighted by Crippen LogP contribution is -2.38. The third-order valence-corrected chi connectivity index (χ3v) is 19.2. The Morgan fingerprint density at radius 2 is 0.796 bits per heavy atom. The Morgan fingerprint density at radius 1 is 0.463 bits per heavy atom. The molecule has 0 saturated carbocycles. The highest BCUT2D eigenvalue weighted by atomic mass is 31.1. The smallest absolute Gasteiger partial charge is 0.497 e. The number of anilines is 2. The molecule has 15 rings (SSSR count). The summed E-state index contributed by atoms with van der Waals surface area (Å²) in [7, 11) is -1.31. The van der Waals surface area contributed by atoms with Crippen molar-refractivity contribution in [1.82, 2.24) is 39.0 Å². The number of benzene rings is 9. The molecule has 0 aliphatic carbocycles. The number of alkyl halides is 2. The number of aromatic nitrogens is 8. The molecular formula is C82H80F2N10O12P2+2. The van der Waals surface area contributed by atoms with Crippen LogP contribution in [0.15, 0.2) is 286 Å². The van der Waals surface area contributed by atoms with Crippen molar-refractivity contribution < 1.29 is 65.4 Å². The fourth-order valence-electron chi connectivity index (χ4n) is 13.2. The van der Waals surface area contributed by atoms with Crippen molar-refractivity contribution in [3.05, 3.63) is 331 Å². The number of imidazole rings is 2. The highest BCUT2D eigenvalue weighted by Crippen LogP contribution is 2.45. The fourth-order valence-corrected chi connectivity index (χ4v) is 13.9. The van der Waals surface area contributed by atoms with Crippen molar-refractivity contribution in [3.8, 4) is 17.2 Å². The van der Waals surface area contributed by atoms with Crippen LogP contribution in [0.3, 0.4) is 0 Å². The zero-order chi connectivity index (χ0) is 74.1. The van der Waals surface area contributed by atoms with Gasteiger partial charge in [-0.2, -0.15) is 0 Å². The third-order valence-electron chi connectivity index (χ3n) is 18.4. The Kier molecular flexibility index (Phi) is 25.5. The second kappa shape index (κ2) is 36.0. The van der Waals surface area contributed by atoms with E-state index in [0.717, 1.165) is 44.5 Å². The van der Waals surface area contributed by atoms with Crippen LogP contribution in [-0.4, -0.2) is 120 Å². The van der Waals surface area contributed by atoms with Gasteiger partial charge in [-0.3, -0.25) is 13.7 Å². The van der Waals surface area contributed by atoms with Crippen LogP contribution in [-0.2, 0) is 56.9 Å². The molecule has 2 aliphatic rings. The van der Waals surface area contributed by atoms with E-state index >= 15 is 8.78 Å². The molecule has 108 heavy (non-hydrogen) atoms. The van der Waals surface area contributed by atoms with Gasteiger partial charge in [0, 0.05) is 4.57 Å². The Labute approximate surface area is 625 Å². The molecule has 4 unspecified atom stereocenters. The summed E-state index contributed by atoms with van der Waals surface area (Å²) in [5.41, 5.74) is 7.50. The van der Waals surface area contributed by atoms with Crippen molar-refractivity contribution in [2.45, 2.75) is 80.9 Å². The number of ether oxygens (including phenoxy) is 6. The molecule has 552 valence electrons. The Bertz CT molecular complexity index is 4810. The summed E-state index contributed by atoms with van der Waals surface area (Å²) in [5, 5.41) is 17.4. The second-order valence-corrected chi connectivity index (χ2v) is 26.7. The third kappa shape index (κ3) is 17.0. The average molecular weight is 1500 g/mol. The summed E-state index contributed by atoms with van der Waals surface area (Å²) in [6.45, 7) is 0.784. The first-order valence-corrected chi connectivity index (χ1v) is 37.0. The van der Waals surface area contributed by atoms with Gasteiger partial charge in [0.2, 0.25) is 0 Å². The predicted octanol–water partition coefficient (Wildman–Crippen LogP) is 15.9. The molecule has 13 aromatic rings. The zero-order valence-electron chi connectivity index (χ0n) is 58.3. The van der Waals surface area contributed by atoms with E-state index in [4.69, 9.17) is 47.4 Å². The van der Waals surface area contributed by atoms with Gasteiger partial charge in [0.15, 0.2) is 71.2 Å². The number of aliphatic hydroxyl groups excluding tert-OH is 1. The molecular weight excluding hydrogens is 1420 g/mol. The lowest BCUT2D eigenvalue weighted by atomic mass is 9.77. The molecule has 26 heteroatoms. The first kappa shape index (κ1) is 76.5. The van der Waals surface area contributed by atoms with E-state index < -0.39 is 89.8 Å². The van der Waals surface area contributed by atoms with Gasteiger partial charge < -0.3 is 44.2 Å². The Hall–Kier alpha value is -11.1. The summed E-state index contributed by atoms with van der Waals surface area (Å²) < 4.78 is 101. The minimum Gasteiger partial charge on any atom is -0.497 e. The average Bonchev–Trinajstić information content (AvgIpc) is 1.39.